The topological polar surface area (TPSA) is 64.0 Å². The number of para-hydroxylation sites is 1. The first-order chi connectivity index (χ1) is 15.1. The van der Waals surface area contributed by atoms with Gasteiger partial charge in [0, 0.05) is 17.8 Å². The third kappa shape index (κ3) is 3.55. The molecule has 5 rings (SSSR count). The first kappa shape index (κ1) is 19.0. The van der Waals surface area contributed by atoms with Gasteiger partial charge >= 0.3 is 0 Å². The molecular formula is C26H21N3O2. The van der Waals surface area contributed by atoms with E-state index in [-0.39, 0.29) is 11.5 Å². The molecule has 0 fully saturated rings. The fourth-order valence-corrected chi connectivity index (χ4v) is 3.97. The summed E-state index contributed by atoms with van der Waals surface area (Å²) in [6.07, 6.45) is 2.43. The molecule has 152 valence electrons. The van der Waals surface area contributed by atoms with E-state index in [2.05, 4.69) is 5.32 Å². The summed E-state index contributed by atoms with van der Waals surface area (Å²) in [7, 11) is 0. The molecule has 1 aliphatic heterocycles. The van der Waals surface area contributed by atoms with E-state index in [1.165, 1.54) is 0 Å². The zero-order valence-electron chi connectivity index (χ0n) is 17.1. The number of nitrogens with zero attached hydrogens (tertiary/aromatic N) is 2. The fraction of sp³-hybridized carbons (Fsp3) is 0.115. The average molecular weight is 407 g/mol. The number of nitrogens with one attached hydrogen (secondary N) is 1. The predicted molar refractivity (Wildman–Crippen MR) is 124 cm³/mol. The lowest BCUT2D eigenvalue weighted by Gasteiger charge is -2.12. The van der Waals surface area contributed by atoms with Crippen LogP contribution in [0, 0.1) is 6.92 Å². The van der Waals surface area contributed by atoms with E-state index in [9.17, 15) is 9.59 Å². The van der Waals surface area contributed by atoms with Crippen molar-refractivity contribution in [1.82, 2.24) is 9.55 Å². The third-order valence-corrected chi connectivity index (χ3v) is 5.59. The Labute approximate surface area is 179 Å². The molecule has 0 spiro atoms. The van der Waals surface area contributed by atoms with Gasteiger partial charge in [-0.15, -0.1) is 0 Å². The molecule has 5 nitrogen and oxygen atoms in total. The molecule has 1 amide bonds. The first-order valence-electron chi connectivity index (χ1n) is 10.3. The number of carbonyl (C=O) groups is 1. The molecule has 3 aromatic carbocycles. The standard InChI is InChI=1S/C26H21N3O2/c1-17-11-12-23-20(15-17)21(25(30)28-23)16-24-27-22-10-6-5-9-19(22)26(31)29(24)14-13-18-7-3-2-4-8-18/h2-12,15-16H,13-14H2,1H3,(H,28,30). The fourth-order valence-electron chi connectivity index (χ4n) is 3.97. The molecule has 0 atom stereocenters. The Hall–Kier alpha value is -3.99. The maximum absolute atomic E-state index is 13.3. The minimum absolute atomic E-state index is 0.101. The summed E-state index contributed by atoms with van der Waals surface area (Å²) < 4.78 is 1.67. The van der Waals surface area contributed by atoms with Gasteiger partial charge in [0.05, 0.1) is 16.5 Å². The number of hydrogen-bond donors (Lipinski definition) is 1. The molecule has 5 heteroatoms. The molecule has 4 aromatic rings. The van der Waals surface area contributed by atoms with Crippen LogP contribution in [0.5, 0.6) is 0 Å². The molecule has 0 saturated heterocycles. The average Bonchev–Trinajstić information content (AvgIpc) is 3.09. The Balaban J connectivity index is 1.66. The predicted octanol–water partition coefficient (Wildman–Crippen LogP) is 4.44. The number of rotatable bonds is 4. The Morgan fingerprint density at radius 3 is 2.58 bits per heavy atom. The van der Waals surface area contributed by atoms with Gasteiger partial charge in [-0.2, -0.15) is 0 Å². The Kier molecular flexibility index (Phi) is 4.71. The number of amides is 1. The van der Waals surface area contributed by atoms with E-state index in [0.717, 1.165) is 22.4 Å². The Morgan fingerprint density at radius 1 is 0.968 bits per heavy atom. The second-order valence-corrected chi connectivity index (χ2v) is 7.74. The molecule has 0 saturated carbocycles. The molecule has 0 aliphatic carbocycles. The number of anilines is 1. The molecular weight excluding hydrogens is 386 g/mol. The van der Waals surface area contributed by atoms with Gasteiger partial charge in [-0.25, -0.2) is 4.98 Å². The van der Waals surface area contributed by atoms with E-state index in [0.29, 0.717) is 35.3 Å². The minimum Gasteiger partial charge on any atom is -0.321 e. The monoisotopic (exact) mass is 407 g/mol. The number of aryl methyl sites for hydroxylation is 2. The highest BCUT2D eigenvalue weighted by Gasteiger charge is 2.25. The van der Waals surface area contributed by atoms with Crippen LogP contribution in [0.3, 0.4) is 0 Å². The van der Waals surface area contributed by atoms with Gasteiger partial charge in [-0.05, 0) is 49.2 Å². The lowest BCUT2D eigenvalue weighted by molar-refractivity contribution is -0.110. The van der Waals surface area contributed by atoms with Gasteiger partial charge in [-0.1, -0.05) is 54.1 Å². The van der Waals surface area contributed by atoms with Crippen LogP contribution in [0.4, 0.5) is 5.69 Å². The summed E-state index contributed by atoms with van der Waals surface area (Å²) in [5, 5.41) is 3.48. The number of hydrogen-bond acceptors (Lipinski definition) is 3. The molecule has 0 unspecified atom stereocenters. The summed E-state index contributed by atoms with van der Waals surface area (Å²) in [5.41, 5.74) is 4.86. The van der Waals surface area contributed by atoms with Crippen molar-refractivity contribution in [2.45, 2.75) is 19.9 Å². The van der Waals surface area contributed by atoms with Crippen LogP contribution in [0.25, 0.3) is 22.6 Å². The lowest BCUT2D eigenvalue weighted by Crippen LogP contribution is -2.25. The van der Waals surface area contributed by atoms with Crippen molar-refractivity contribution < 1.29 is 4.79 Å². The molecule has 0 bridgehead atoms. The van der Waals surface area contributed by atoms with Gasteiger partial charge in [0.2, 0.25) is 0 Å². The largest absolute Gasteiger partial charge is 0.321 e. The van der Waals surface area contributed by atoms with E-state index in [1.54, 1.807) is 16.7 Å². The summed E-state index contributed by atoms with van der Waals surface area (Å²) in [6.45, 7) is 2.47. The van der Waals surface area contributed by atoms with Crippen LogP contribution in [0.15, 0.2) is 77.6 Å². The maximum Gasteiger partial charge on any atom is 0.261 e. The van der Waals surface area contributed by atoms with Crippen LogP contribution >= 0.6 is 0 Å². The van der Waals surface area contributed by atoms with E-state index >= 15 is 0 Å². The molecule has 1 aliphatic rings. The van der Waals surface area contributed by atoms with Gasteiger partial charge in [0.15, 0.2) is 0 Å². The van der Waals surface area contributed by atoms with E-state index in [4.69, 9.17) is 4.98 Å². The van der Waals surface area contributed by atoms with Crippen LogP contribution < -0.4 is 10.9 Å². The van der Waals surface area contributed by atoms with Crippen molar-refractivity contribution in [2.75, 3.05) is 5.32 Å². The Morgan fingerprint density at radius 2 is 1.74 bits per heavy atom. The third-order valence-electron chi connectivity index (χ3n) is 5.59. The number of carbonyl (C=O) groups excluding carboxylic acids is 1. The molecule has 31 heavy (non-hydrogen) atoms. The van der Waals surface area contributed by atoms with Crippen molar-refractivity contribution in [3.05, 3.63) is 106 Å². The van der Waals surface area contributed by atoms with Crippen molar-refractivity contribution in [3.8, 4) is 0 Å². The van der Waals surface area contributed by atoms with Crippen molar-refractivity contribution in [2.24, 2.45) is 0 Å². The summed E-state index contributed by atoms with van der Waals surface area (Å²) in [6, 6.07) is 23.2. The van der Waals surface area contributed by atoms with Crippen LogP contribution in [0.2, 0.25) is 0 Å². The smallest absolute Gasteiger partial charge is 0.261 e. The van der Waals surface area contributed by atoms with Crippen molar-refractivity contribution in [1.29, 1.82) is 0 Å². The SMILES string of the molecule is Cc1ccc2c(c1)C(=Cc1nc3ccccc3c(=O)n1CCc1ccccc1)C(=O)N2. The van der Waals surface area contributed by atoms with Gasteiger partial charge in [-0.3, -0.25) is 14.2 Å². The van der Waals surface area contributed by atoms with E-state index < -0.39 is 0 Å². The zero-order chi connectivity index (χ0) is 21.4. The second-order valence-electron chi connectivity index (χ2n) is 7.74. The minimum atomic E-state index is -0.183. The lowest BCUT2D eigenvalue weighted by atomic mass is 10.0. The Bertz CT molecular complexity index is 1400. The van der Waals surface area contributed by atoms with Gasteiger partial charge in [0.1, 0.15) is 5.82 Å². The van der Waals surface area contributed by atoms with Gasteiger partial charge in [0.25, 0.3) is 11.5 Å². The summed E-state index contributed by atoms with van der Waals surface area (Å²) in [4.78, 5) is 30.8. The van der Waals surface area contributed by atoms with Crippen LogP contribution in [-0.2, 0) is 17.8 Å². The first-order valence-corrected chi connectivity index (χ1v) is 10.3. The van der Waals surface area contributed by atoms with Crippen molar-refractivity contribution >= 4 is 34.1 Å². The molecule has 0 radical (unpaired) electrons. The molecule has 1 N–H and O–H groups in total. The molecule has 2 heterocycles. The highest BCUT2D eigenvalue weighted by Crippen LogP contribution is 2.33. The highest BCUT2D eigenvalue weighted by atomic mass is 16.2. The maximum atomic E-state index is 13.3. The summed E-state index contributed by atoms with van der Waals surface area (Å²) in [5.74, 6) is 0.303. The number of aromatic nitrogens is 2. The normalized spacial score (nSPS) is 14.1. The van der Waals surface area contributed by atoms with Crippen molar-refractivity contribution in [3.63, 3.8) is 0 Å². The zero-order valence-corrected chi connectivity index (χ0v) is 17.1. The van der Waals surface area contributed by atoms with Crippen LogP contribution in [-0.4, -0.2) is 15.5 Å². The quantitative estimate of drug-likeness (QED) is 0.509. The highest BCUT2D eigenvalue weighted by molar-refractivity contribution is 6.34. The second kappa shape index (κ2) is 7.69. The number of benzene rings is 3. The number of fused-ring (bicyclic) bond motifs is 2. The van der Waals surface area contributed by atoms with E-state index in [1.807, 2.05) is 73.7 Å². The summed E-state index contributed by atoms with van der Waals surface area (Å²) >= 11 is 0. The van der Waals surface area contributed by atoms with Gasteiger partial charge < -0.3 is 5.32 Å². The van der Waals surface area contributed by atoms with Crippen LogP contribution in [0.1, 0.15) is 22.5 Å². The molecule has 1 aromatic heterocycles.